The van der Waals surface area contributed by atoms with Crippen LogP contribution in [0.3, 0.4) is 0 Å². The van der Waals surface area contributed by atoms with Gasteiger partial charge in [0, 0.05) is 12.4 Å². The quantitative estimate of drug-likeness (QED) is 0.417. The van der Waals surface area contributed by atoms with Crippen LogP contribution in [-0.4, -0.2) is 22.4 Å². The Morgan fingerprint density at radius 3 is 1.46 bits per heavy atom. The van der Waals surface area contributed by atoms with Crippen LogP contribution in [0, 0.1) is 0 Å². The zero-order valence-electron chi connectivity index (χ0n) is 13.7. The second-order valence-corrected chi connectivity index (χ2v) is 7.36. The number of benzene rings is 2. The van der Waals surface area contributed by atoms with E-state index in [9.17, 15) is 0 Å². The summed E-state index contributed by atoms with van der Waals surface area (Å²) in [6.45, 7) is 0. The molecule has 0 unspecified atom stereocenters. The molecule has 0 bridgehead atoms. The third-order valence-corrected chi connectivity index (χ3v) is 5.40. The van der Waals surface area contributed by atoms with E-state index in [0.29, 0.717) is 0 Å². The molecular weight excluding hydrogens is 360 g/mol. The maximum atomic E-state index is 4.48. The standard InChI is InChI=1S/C20H14N4S2/c1-3-7-15(8-4-1)11-21-17-13-23-19(25-17)20-24-14-18(26-20)22-12-16-9-5-2-6-10-16/h1-14H/b21-11+,22-12+. The molecule has 0 saturated carbocycles. The highest BCUT2D eigenvalue weighted by Crippen LogP contribution is 2.35. The average Bonchev–Trinajstić information content (AvgIpc) is 3.36. The summed E-state index contributed by atoms with van der Waals surface area (Å²) < 4.78 is 0. The summed E-state index contributed by atoms with van der Waals surface area (Å²) in [5.74, 6) is 0. The molecule has 0 atom stereocenters. The Bertz CT molecular complexity index is 948. The lowest BCUT2D eigenvalue weighted by molar-refractivity contribution is 1.35. The molecule has 0 saturated heterocycles. The summed E-state index contributed by atoms with van der Waals surface area (Å²) in [4.78, 5) is 17.8. The van der Waals surface area contributed by atoms with Crippen molar-refractivity contribution >= 4 is 45.1 Å². The lowest BCUT2D eigenvalue weighted by Gasteiger charge is -1.89. The normalized spacial score (nSPS) is 11.5. The predicted molar refractivity (Wildman–Crippen MR) is 111 cm³/mol. The maximum absolute atomic E-state index is 4.48. The smallest absolute Gasteiger partial charge is 0.154 e. The fourth-order valence-corrected chi connectivity index (χ4v) is 3.76. The van der Waals surface area contributed by atoms with Gasteiger partial charge in [0.15, 0.2) is 10.0 Å². The minimum atomic E-state index is 0.855. The molecule has 0 aliphatic rings. The van der Waals surface area contributed by atoms with Crippen molar-refractivity contribution in [2.24, 2.45) is 9.98 Å². The van der Waals surface area contributed by atoms with Crippen molar-refractivity contribution in [2.75, 3.05) is 0 Å². The molecule has 2 aromatic carbocycles. The van der Waals surface area contributed by atoms with E-state index in [2.05, 4.69) is 20.0 Å². The molecule has 0 N–H and O–H groups in total. The van der Waals surface area contributed by atoms with E-state index in [-0.39, 0.29) is 0 Å². The SMILES string of the molecule is C(=N\c1cnc(-c2ncc(/N=C/c3ccccc3)s2)s1)/c1ccccc1. The number of rotatable bonds is 5. The fraction of sp³-hybridized carbons (Fsp3) is 0. The van der Waals surface area contributed by atoms with Crippen molar-refractivity contribution < 1.29 is 0 Å². The minimum Gasteiger partial charge on any atom is -0.244 e. The van der Waals surface area contributed by atoms with Crippen LogP contribution in [-0.2, 0) is 0 Å². The summed E-state index contributed by atoms with van der Waals surface area (Å²) in [5, 5.41) is 3.43. The molecule has 126 valence electrons. The molecule has 0 aliphatic carbocycles. The van der Waals surface area contributed by atoms with Gasteiger partial charge in [-0.05, 0) is 11.1 Å². The first-order valence-electron chi connectivity index (χ1n) is 7.97. The number of hydrogen-bond acceptors (Lipinski definition) is 6. The van der Waals surface area contributed by atoms with Gasteiger partial charge in [0.2, 0.25) is 0 Å². The van der Waals surface area contributed by atoms with Gasteiger partial charge in [-0.3, -0.25) is 0 Å². The van der Waals surface area contributed by atoms with Crippen LogP contribution in [0.1, 0.15) is 11.1 Å². The monoisotopic (exact) mass is 374 g/mol. The molecule has 4 aromatic rings. The Labute approximate surface area is 159 Å². The Morgan fingerprint density at radius 1 is 0.615 bits per heavy atom. The minimum absolute atomic E-state index is 0.855. The fourth-order valence-electron chi connectivity index (χ4n) is 2.20. The lowest BCUT2D eigenvalue weighted by atomic mass is 10.2. The van der Waals surface area contributed by atoms with Gasteiger partial charge in [0.25, 0.3) is 0 Å². The topological polar surface area (TPSA) is 50.5 Å². The third kappa shape index (κ3) is 4.17. The number of hydrogen-bond donors (Lipinski definition) is 0. The van der Waals surface area contributed by atoms with Crippen molar-refractivity contribution in [1.29, 1.82) is 0 Å². The second-order valence-electron chi connectivity index (χ2n) is 5.35. The number of thiazole rings is 2. The van der Waals surface area contributed by atoms with E-state index in [1.54, 1.807) is 12.4 Å². The molecule has 2 aromatic heterocycles. The highest BCUT2D eigenvalue weighted by atomic mass is 32.1. The molecule has 4 nitrogen and oxygen atoms in total. The first-order valence-corrected chi connectivity index (χ1v) is 9.60. The van der Waals surface area contributed by atoms with E-state index < -0.39 is 0 Å². The first kappa shape index (κ1) is 16.5. The lowest BCUT2D eigenvalue weighted by Crippen LogP contribution is -1.76. The first-order chi connectivity index (χ1) is 12.9. The number of aromatic nitrogens is 2. The zero-order chi connectivity index (χ0) is 17.6. The Morgan fingerprint density at radius 2 is 1.04 bits per heavy atom. The van der Waals surface area contributed by atoms with E-state index in [1.165, 1.54) is 22.7 Å². The Hall–Kier alpha value is -2.96. The zero-order valence-corrected chi connectivity index (χ0v) is 15.3. The maximum Gasteiger partial charge on any atom is 0.154 e. The van der Waals surface area contributed by atoms with Crippen LogP contribution in [0.2, 0.25) is 0 Å². The summed E-state index contributed by atoms with van der Waals surface area (Å²) >= 11 is 3.04. The third-order valence-electron chi connectivity index (χ3n) is 3.45. The van der Waals surface area contributed by atoms with Gasteiger partial charge in [-0.1, -0.05) is 83.3 Å². The van der Waals surface area contributed by atoms with E-state index in [4.69, 9.17) is 0 Å². The Balaban J connectivity index is 1.47. The predicted octanol–water partition coefficient (Wildman–Crippen LogP) is 5.77. The van der Waals surface area contributed by atoms with Crippen LogP contribution in [0.4, 0.5) is 10.0 Å². The van der Waals surface area contributed by atoms with E-state index in [0.717, 1.165) is 31.1 Å². The van der Waals surface area contributed by atoms with E-state index in [1.807, 2.05) is 73.1 Å². The Kier molecular flexibility index (Phi) is 5.04. The molecular formula is C20H14N4S2. The van der Waals surface area contributed by atoms with Gasteiger partial charge in [-0.15, -0.1) is 0 Å². The van der Waals surface area contributed by atoms with Gasteiger partial charge in [-0.25, -0.2) is 20.0 Å². The van der Waals surface area contributed by atoms with Crippen molar-refractivity contribution in [3.05, 3.63) is 84.2 Å². The molecule has 0 amide bonds. The molecule has 4 rings (SSSR count). The van der Waals surface area contributed by atoms with Crippen LogP contribution in [0.15, 0.2) is 83.0 Å². The van der Waals surface area contributed by atoms with Crippen molar-refractivity contribution in [3.8, 4) is 10.0 Å². The molecule has 0 fully saturated rings. The van der Waals surface area contributed by atoms with Gasteiger partial charge >= 0.3 is 0 Å². The van der Waals surface area contributed by atoms with Crippen LogP contribution >= 0.6 is 22.7 Å². The van der Waals surface area contributed by atoms with Gasteiger partial charge in [-0.2, -0.15) is 0 Å². The van der Waals surface area contributed by atoms with Gasteiger partial charge in [0.1, 0.15) is 10.0 Å². The summed E-state index contributed by atoms with van der Waals surface area (Å²) in [7, 11) is 0. The molecule has 0 spiro atoms. The molecule has 2 heterocycles. The summed E-state index contributed by atoms with van der Waals surface area (Å²) in [6, 6.07) is 20.0. The van der Waals surface area contributed by atoms with E-state index >= 15 is 0 Å². The molecule has 0 radical (unpaired) electrons. The molecule has 26 heavy (non-hydrogen) atoms. The number of aliphatic imine (C=N–C) groups is 2. The number of nitrogens with zero attached hydrogens (tertiary/aromatic N) is 4. The van der Waals surface area contributed by atoms with Gasteiger partial charge in [0.05, 0.1) is 12.4 Å². The second kappa shape index (κ2) is 7.95. The largest absolute Gasteiger partial charge is 0.244 e. The highest BCUT2D eigenvalue weighted by molar-refractivity contribution is 7.24. The molecule has 0 aliphatic heterocycles. The van der Waals surface area contributed by atoms with Crippen LogP contribution < -0.4 is 0 Å². The average molecular weight is 374 g/mol. The summed E-state index contributed by atoms with van der Waals surface area (Å²) in [6.07, 6.45) is 7.23. The summed E-state index contributed by atoms with van der Waals surface area (Å²) in [5.41, 5.74) is 2.13. The van der Waals surface area contributed by atoms with Crippen molar-refractivity contribution in [3.63, 3.8) is 0 Å². The van der Waals surface area contributed by atoms with Crippen LogP contribution in [0.5, 0.6) is 0 Å². The van der Waals surface area contributed by atoms with Crippen LogP contribution in [0.25, 0.3) is 10.0 Å². The van der Waals surface area contributed by atoms with Crippen molar-refractivity contribution in [2.45, 2.75) is 0 Å². The molecule has 6 heteroatoms. The van der Waals surface area contributed by atoms with Gasteiger partial charge < -0.3 is 0 Å². The van der Waals surface area contributed by atoms with Crippen molar-refractivity contribution in [1.82, 2.24) is 9.97 Å². The highest BCUT2D eigenvalue weighted by Gasteiger charge is 2.08.